The first-order chi connectivity index (χ1) is 10.8. The predicted octanol–water partition coefficient (Wildman–Crippen LogP) is 3.33. The third kappa shape index (κ3) is 5.80. The van der Waals surface area contributed by atoms with Gasteiger partial charge < -0.3 is 5.32 Å². The van der Waals surface area contributed by atoms with Crippen LogP contribution in [0.25, 0.3) is 0 Å². The van der Waals surface area contributed by atoms with Gasteiger partial charge in [-0.3, -0.25) is 9.00 Å². The first-order valence-electron chi connectivity index (χ1n) is 6.65. The largest absolute Gasteiger partial charge is 0.416 e. The number of carbonyl (C=O) groups excluding carboxylic acids is 1. The third-order valence-corrected chi connectivity index (χ3v) is 5.03. The van der Waals surface area contributed by atoms with Gasteiger partial charge in [-0.05, 0) is 23.1 Å². The molecule has 0 saturated carbocycles. The summed E-state index contributed by atoms with van der Waals surface area (Å²) in [6.07, 6.45) is -4.43. The molecule has 0 aliphatic heterocycles. The van der Waals surface area contributed by atoms with Crippen LogP contribution in [-0.2, 0) is 34.1 Å². The fourth-order valence-corrected chi connectivity index (χ4v) is 3.56. The molecule has 0 unspecified atom stereocenters. The van der Waals surface area contributed by atoms with Gasteiger partial charge in [0.1, 0.15) is 5.75 Å². The highest BCUT2D eigenvalue weighted by atomic mass is 32.2. The van der Waals surface area contributed by atoms with Gasteiger partial charge in [-0.25, -0.2) is 0 Å². The van der Waals surface area contributed by atoms with Crippen LogP contribution in [0.1, 0.15) is 16.0 Å². The predicted molar refractivity (Wildman–Crippen MR) is 84.3 cm³/mol. The van der Waals surface area contributed by atoms with Crippen molar-refractivity contribution in [2.45, 2.75) is 18.5 Å². The number of benzene rings is 1. The summed E-state index contributed by atoms with van der Waals surface area (Å²) in [6, 6.07) is 8.38. The molecule has 2 rings (SSSR count). The minimum atomic E-state index is -4.43. The highest BCUT2D eigenvalue weighted by Gasteiger charge is 2.30. The summed E-state index contributed by atoms with van der Waals surface area (Å²) in [7, 11) is -1.56. The summed E-state index contributed by atoms with van der Waals surface area (Å²) in [5, 5.41) is 4.52. The molecule has 0 bridgehead atoms. The Morgan fingerprint density at radius 3 is 2.65 bits per heavy atom. The Morgan fingerprint density at radius 2 is 2.00 bits per heavy atom. The van der Waals surface area contributed by atoms with E-state index in [1.807, 2.05) is 17.5 Å². The Labute approximate surface area is 138 Å². The summed E-state index contributed by atoms with van der Waals surface area (Å²) >= 11 is 1.49. The molecular weight excluding hydrogens is 347 g/mol. The van der Waals surface area contributed by atoms with Gasteiger partial charge in [-0.15, -0.1) is 11.3 Å². The van der Waals surface area contributed by atoms with E-state index in [0.717, 1.165) is 17.0 Å². The van der Waals surface area contributed by atoms with Crippen molar-refractivity contribution in [1.82, 2.24) is 5.32 Å². The molecule has 1 heterocycles. The van der Waals surface area contributed by atoms with E-state index in [-0.39, 0.29) is 17.4 Å². The number of nitrogens with one attached hydrogen (secondary N) is 1. The van der Waals surface area contributed by atoms with Gasteiger partial charge in [0.15, 0.2) is 0 Å². The van der Waals surface area contributed by atoms with Crippen LogP contribution < -0.4 is 5.32 Å². The number of carbonyl (C=O) groups is 1. The second kappa shape index (κ2) is 7.74. The molecule has 1 aromatic heterocycles. The molecule has 0 aliphatic carbocycles. The molecule has 1 amide bonds. The number of amides is 1. The number of hydrogen-bond donors (Lipinski definition) is 1. The maximum atomic E-state index is 12.6. The molecule has 124 valence electrons. The fourth-order valence-electron chi connectivity index (χ4n) is 1.87. The van der Waals surface area contributed by atoms with Crippen LogP contribution in [0, 0.1) is 0 Å². The molecule has 0 fully saturated rings. The number of alkyl halides is 3. The highest BCUT2D eigenvalue weighted by Crippen LogP contribution is 2.29. The Balaban J connectivity index is 1.85. The molecule has 1 aromatic carbocycles. The number of halogens is 3. The minimum absolute atomic E-state index is 0.0870. The van der Waals surface area contributed by atoms with Crippen LogP contribution in [0.2, 0.25) is 0 Å². The lowest BCUT2D eigenvalue weighted by atomic mass is 10.1. The van der Waals surface area contributed by atoms with Crippen LogP contribution in [0.3, 0.4) is 0 Å². The van der Waals surface area contributed by atoms with Gasteiger partial charge in [-0.2, -0.15) is 13.2 Å². The maximum absolute atomic E-state index is 12.6. The lowest BCUT2D eigenvalue weighted by Gasteiger charge is -2.09. The molecule has 8 heteroatoms. The van der Waals surface area contributed by atoms with E-state index in [4.69, 9.17) is 0 Å². The van der Waals surface area contributed by atoms with E-state index in [9.17, 15) is 22.2 Å². The highest BCUT2D eigenvalue weighted by molar-refractivity contribution is 7.84. The molecule has 0 saturated heterocycles. The van der Waals surface area contributed by atoms with E-state index in [1.54, 1.807) is 0 Å². The van der Waals surface area contributed by atoms with Gasteiger partial charge in [0.2, 0.25) is 5.91 Å². The Morgan fingerprint density at radius 1 is 1.22 bits per heavy atom. The van der Waals surface area contributed by atoms with Crippen LogP contribution in [0.4, 0.5) is 13.2 Å². The van der Waals surface area contributed by atoms with Crippen molar-refractivity contribution in [3.8, 4) is 0 Å². The number of rotatable bonds is 6. The zero-order valence-electron chi connectivity index (χ0n) is 11.9. The van der Waals surface area contributed by atoms with Crippen LogP contribution in [-0.4, -0.2) is 15.9 Å². The normalized spacial score (nSPS) is 12.8. The molecule has 23 heavy (non-hydrogen) atoms. The summed E-state index contributed by atoms with van der Waals surface area (Å²) in [5.41, 5.74) is -0.488. The van der Waals surface area contributed by atoms with Crippen LogP contribution in [0.15, 0.2) is 41.8 Å². The fraction of sp³-hybridized carbons (Fsp3) is 0.267. The van der Waals surface area contributed by atoms with Crippen molar-refractivity contribution in [3.05, 3.63) is 57.8 Å². The number of thiophene rings is 1. The number of hydrogen-bond acceptors (Lipinski definition) is 3. The molecule has 1 atom stereocenters. The Hall–Kier alpha value is -1.67. The molecule has 0 radical (unpaired) electrons. The van der Waals surface area contributed by atoms with E-state index < -0.39 is 22.5 Å². The van der Waals surface area contributed by atoms with Crippen LogP contribution in [0.5, 0.6) is 0 Å². The average Bonchev–Trinajstić information content (AvgIpc) is 2.97. The first kappa shape index (κ1) is 17.7. The summed E-state index contributed by atoms with van der Waals surface area (Å²) in [6.45, 7) is 0.358. The van der Waals surface area contributed by atoms with Gasteiger partial charge in [0.05, 0.1) is 12.1 Å². The summed E-state index contributed by atoms with van der Waals surface area (Å²) < 4.78 is 49.8. The minimum Gasteiger partial charge on any atom is -0.350 e. The molecule has 0 spiro atoms. The van der Waals surface area contributed by atoms with Crippen molar-refractivity contribution in [1.29, 1.82) is 0 Å². The van der Waals surface area contributed by atoms with Gasteiger partial charge in [0.25, 0.3) is 0 Å². The molecule has 2 aromatic rings. The standard InChI is InChI=1S/C15H14F3NO2S2/c16-15(17,18)12-4-1-3-11(7-12)9-23(21)10-14(20)19-8-13-5-2-6-22-13/h1-7H,8-10H2,(H,19,20)/t23-/m0/s1. The second-order valence-corrected chi connectivity index (χ2v) is 7.27. The zero-order chi connectivity index (χ0) is 16.9. The lowest BCUT2D eigenvalue weighted by molar-refractivity contribution is -0.137. The Bertz CT molecular complexity index is 684. The van der Waals surface area contributed by atoms with Crippen molar-refractivity contribution in [2.75, 3.05) is 5.75 Å². The SMILES string of the molecule is O=C(C[S@@](=O)Cc1cccc(C(F)(F)F)c1)NCc1cccs1. The molecule has 0 aliphatic rings. The van der Waals surface area contributed by atoms with Crippen molar-refractivity contribution < 1.29 is 22.2 Å². The molecule has 1 N–H and O–H groups in total. The average molecular weight is 361 g/mol. The smallest absolute Gasteiger partial charge is 0.350 e. The zero-order valence-corrected chi connectivity index (χ0v) is 13.6. The first-order valence-corrected chi connectivity index (χ1v) is 9.01. The maximum Gasteiger partial charge on any atom is 0.416 e. The van der Waals surface area contributed by atoms with E-state index in [0.29, 0.717) is 12.1 Å². The van der Waals surface area contributed by atoms with E-state index >= 15 is 0 Å². The van der Waals surface area contributed by atoms with Crippen molar-refractivity contribution in [2.24, 2.45) is 0 Å². The van der Waals surface area contributed by atoms with Crippen molar-refractivity contribution in [3.63, 3.8) is 0 Å². The second-order valence-electron chi connectivity index (χ2n) is 4.78. The van der Waals surface area contributed by atoms with E-state index in [1.165, 1.54) is 23.5 Å². The van der Waals surface area contributed by atoms with Gasteiger partial charge in [-0.1, -0.05) is 24.3 Å². The summed E-state index contributed by atoms with van der Waals surface area (Å²) in [4.78, 5) is 12.7. The molecular formula is C15H14F3NO2S2. The lowest BCUT2D eigenvalue weighted by Crippen LogP contribution is -2.27. The monoisotopic (exact) mass is 361 g/mol. The van der Waals surface area contributed by atoms with Gasteiger partial charge in [0, 0.05) is 21.4 Å². The third-order valence-electron chi connectivity index (χ3n) is 2.91. The van der Waals surface area contributed by atoms with Crippen molar-refractivity contribution >= 4 is 28.0 Å². The quantitative estimate of drug-likeness (QED) is 0.858. The molecule has 3 nitrogen and oxygen atoms in total. The van der Waals surface area contributed by atoms with E-state index in [2.05, 4.69) is 5.32 Å². The Kier molecular flexibility index (Phi) is 5.95. The topological polar surface area (TPSA) is 46.2 Å². The van der Waals surface area contributed by atoms with Gasteiger partial charge >= 0.3 is 6.18 Å². The summed E-state index contributed by atoms with van der Waals surface area (Å²) in [5.74, 6) is -0.707. The van der Waals surface area contributed by atoms with Crippen LogP contribution >= 0.6 is 11.3 Å².